The van der Waals surface area contributed by atoms with E-state index in [-0.39, 0.29) is 11.8 Å². The van der Waals surface area contributed by atoms with Crippen LogP contribution in [0.2, 0.25) is 0 Å². The molecule has 1 aromatic rings. The zero-order valence-corrected chi connectivity index (χ0v) is 10.1. The van der Waals surface area contributed by atoms with Gasteiger partial charge in [0.2, 0.25) is 0 Å². The van der Waals surface area contributed by atoms with Crippen LogP contribution in [-0.2, 0) is 0 Å². The quantitative estimate of drug-likeness (QED) is 0.871. The number of hydrogen-bond donors (Lipinski definition) is 1. The van der Waals surface area contributed by atoms with E-state index in [4.69, 9.17) is 0 Å². The van der Waals surface area contributed by atoms with Crippen molar-refractivity contribution in [3.63, 3.8) is 0 Å². The van der Waals surface area contributed by atoms with Gasteiger partial charge in [-0.3, -0.25) is 0 Å². The topological polar surface area (TPSA) is 21.3 Å². The molecule has 0 saturated heterocycles. The van der Waals surface area contributed by atoms with Crippen LogP contribution < -0.4 is 10.1 Å². The van der Waals surface area contributed by atoms with Crippen molar-refractivity contribution in [1.29, 1.82) is 0 Å². The molecule has 0 radical (unpaired) electrons. The molecule has 18 heavy (non-hydrogen) atoms. The zero-order chi connectivity index (χ0) is 13.2. The molecule has 0 bridgehead atoms. The Kier molecular flexibility index (Phi) is 3.80. The lowest BCUT2D eigenvalue weighted by Crippen LogP contribution is -2.21. The first-order chi connectivity index (χ1) is 8.44. The second kappa shape index (κ2) is 5.18. The number of benzene rings is 1. The molecule has 1 N–H and O–H groups in total. The van der Waals surface area contributed by atoms with Gasteiger partial charge in [0.05, 0.1) is 0 Å². The molecule has 1 aliphatic carbocycles. The summed E-state index contributed by atoms with van der Waals surface area (Å²) in [5, 5.41) is 3.37. The van der Waals surface area contributed by atoms with Gasteiger partial charge in [-0.1, -0.05) is 12.1 Å². The van der Waals surface area contributed by atoms with E-state index in [0.29, 0.717) is 0 Å². The van der Waals surface area contributed by atoms with Gasteiger partial charge in [0.25, 0.3) is 0 Å². The molecule has 100 valence electrons. The van der Waals surface area contributed by atoms with Gasteiger partial charge in [0.1, 0.15) is 5.75 Å². The van der Waals surface area contributed by atoms with Gasteiger partial charge in [-0.25, -0.2) is 0 Å². The highest BCUT2D eigenvalue weighted by Crippen LogP contribution is 2.29. The van der Waals surface area contributed by atoms with Crippen molar-refractivity contribution in [1.82, 2.24) is 5.32 Å². The van der Waals surface area contributed by atoms with Gasteiger partial charge < -0.3 is 10.1 Å². The van der Waals surface area contributed by atoms with Gasteiger partial charge in [0.15, 0.2) is 0 Å². The molecule has 5 heteroatoms. The third-order valence-electron chi connectivity index (χ3n) is 3.02. The van der Waals surface area contributed by atoms with Crippen LogP contribution >= 0.6 is 0 Å². The van der Waals surface area contributed by atoms with Crippen LogP contribution in [0.25, 0.3) is 0 Å². The summed E-state index contributed by atoms with van der Waals surface area (Å²) >= 11 is 0. The molecule has 0 spiro atoms. The summed E-state index contributed by atoms with van der Waals surface area (Å²) in [6, 6.07) is 6.15. The fourth-order valence-electron chi connectivity index (χ4n) is 1.74. The fourth-order valence-corrected chi connectivity index (χ4v) is 1.74. The number of halogens is 3. The maximum atomic E-state index is 12.0. The van der Waals surface area contributed by atoms with Crippen molar-refractivity contribution in [2.75, 3.05) is 6.54 Å². The summed E-state index contributed by atoms with van der Waals surface area (Å²) in [7, 11) is 0. The first kappa shape index (κ1) is 13.2. The Balaban J connectivity index is 1.89. The summed E-state index contributed by atoms with van der Waals surface area (Å²) in [4.78, 5) is 0. The van der Waals surface area contributed by atoms with E-state index in [2.05, 4.69) is 10.1 Å². The van der Waals surface area contributed by atoms with Crippen LogP contribution in [0, 0.1) is 5.92 Å². The molecule has 1 aliphatic rings. The Morgan fingerprint density at radius 1 is 1.28 bits per heavy atom. The SMILES string of the molecule is CC(NCC1CC1)c1ccc(OC(F)(F)F)cc1. The molecule has 0 heterocycles. The normalized spacial score (nSPS) is 17.6. The minimum Gasteiger partial charge on any atom is -0.406 e. The summed E-state index contributed by atoms with van der Waals surface area (Å²) in [5.74, 6) is 0.598. The van der Waals surface area contributed by atoms with E-state index in [9.17, 15) is 13.2 Å². The third kappa shape index (κ3) is 4.22. The number of alkyl halides is 3. The van der Waals surface area contributed by atoms with E-state index in [1.165, 1.54) is 25.0 Å². The Bertz CT molecular complexity index is 384. The summed E-state index contributed by atoms with van der Waals surface area (Å²) in [6.07, 6.45) is -2.08. The van der Waals surface area contributed by atoms with Crippen LogP contribution in [0.1, 0.15) is 31.4 Å². The Morgan fingerprint density at radius 2 is 1.89 bits per heavy atom. The van der Waals surface area contributed by atoms with E-state index in [1.54, 1.807) is 12.1 Å². The highest BCUT2D eigenvalue weighted by molar-refractivity contribution is 5.29. The average molecular weight is 259 g/mol. The predicted octanol–water partition coefficient (Wildman–Crippen LogP) is 3.65. The monoisotopic (exact) mass is 259 g/mol. The molecule has 0 amide bonds. The molecule has 1 aromatic carbocycles. The lowest BCUT2D eigenvalue weighted by molar-refractivity contribution is -0.274. The second-order valence-corrected chi connectivity index (χ2v) is 4.69. The molecule has 0 aromatic heterocycles. The van der Waals surface area contributed by atoms with Gasteiger partial charge >= 0.3 is 6.36 Å². The fraction of sp³-hybridized carbons (Fsp3) is 0.538. The van der Waals surface area contributed by atoms with Crippen molar-refractivity contribution in [3.8, 4) is 5.75 Å². The van der Waals surface area contributed by atoms with Crippen molar-refractivity contribution in [3.05, 3.63) is 29.8 Å². The molecular weight excluding hydrogens is 243 g/mol. The highest BCUT2D eigenvalue weighted by atomic mass is 19.4. The van der Waals surface area contributed by atoms with Gasteiger partial charge in [-0.15, -0.1) is 13.2 Å². The van der Waals surface area contributed by atoms with E-state index in [1.807, 2.05) is 6.92 Å². The first-order valence-electron chi connectivity index (χ1n) is 6.03. The number of nitrogens with one attached hydrogen (secondary N) is 1. The largest absolute Gasteiger partial charge is 0.573 e. The lowest BCUT2D eigenvalue weighted by Gasteiger charge is -2.15. The van der Waals surface area contributed by atoms with Gasteiger partial charge in [-0.05, 0) is 49.9 Å². The van der Waals surface area contributed by atoms with Crippen LogP contribution in [-0.4, -0.2) is 12.9 Å². The van der Waals surface area contributed by atoms with E-state index in [0.717, 1.165) is 18.0 Å². The number of ether oxygens (including phenoxy) is 1. The lowest BCUT2D eigenvalue weighted by atomic mass is 10.1. The Hall–Kier alpha value is -1.23. The van der Waals surface area contributed by atoms with Gasteiger partial charge in [-0.2, -0.15) is 0 Å². The van der Waals surface area contributed by atoms with Crippen molar-refractivity contribution >= 4 is 0 Å². The minimum absolute atomic E-state index is 0.144. The van der Waals surface area contributed by atoms with Crippen LogP contribution in [0.15, 0.2) is 24.3 Å². The van der Waals surface area contributed by atoms with Crippen molar-refractivity contribution in [2.24, 2.45) is 5.92 Å². The number of hydrogen-bond acceptors (Lipinski definition) is 2. The molecular formula is C13H16F3NO. The average Bonchev–Trinajstić information content (AvgIpc) is 3.08. The van der Waals surface area contributed by atoms with Crippen LogP contribution in [0.3, 0.4) is 0 Å². The molecule has 2 rings (SSSR count). The molecule has 1 fully saturated rings. The summed E-state index contributed by atoms with van der Waals surface area (Å²) < 4.78 is 39.8. The summed E-state index contributed by atoms with van der Waals surface area (Å²) in [6.45, 7) is 2.98. The Morgan fingerprint density at radius 3 is 2.39 bits per heavy atom. The van der Waals surface area contributed by atoms with Crippen molar-refractivity contribution < 1.29 is 17.9 Å². The minimum atomic E-state index is -4.63. The zero-order valence-electron chi connectivity index (χ0n) is 10.1. The van der Waals surface area contributed by atoms with Crippen molar-refractivity contribution in [2.45, 2.75) is 32.2 Å². The molecule has 1 unspecified atom stereocenters. The second-order valence-electron chi connectivity index (χ2n) is 4.69. The third-order valence-corrected chi connectivity index (χ3v) is 3.02. The molecule has 0 aliphatic heterocycles. The number of rotatable bonds is 5. The smallest absolute Gasteiger partial charge is 0.406 e. The van der Waals surface area contributed by atoms with Gasteiger partial charge in [0, 0.05) is 6.04 Å². The maximum absolute atomic E-state index is 12.0. The van der Waals surface area contributed by atoms with Crippen LogP contribution in [0.4, 0.5) is 13.2 Å². The highest BCUT2D eigenvalue weighted by Gasteiger charge is 2.31. The summed E-state index contributed by atoms with van der Waals surface area (Å²) in [5.41, 5.74) is 0.963. The first-order valence-corrected chi connectivity index (χ1v) is 6.03. The van der Waals surface area contributed by atoms with E-state index >= 15 is 0 Å². The standard InChI is InChI=1S/C13H16F3NO/c1-9(17-8-10-2-3-10)11-4-6-12(7-5-11)18-13(14,15)16/h4-7,9-10,17H,2-3,8H2,1H3. The maximum Gasteiger partial charge on any atom is 0.573 e. The molecule has 1 saturated carbocycles. The predicted molar refractivity (Wildman–Crippen MR) is 62.3 cm³/mol. The van der Waals surface area contributed by atoms with E-state index < -0.39 is 6.36 Å². The Labute approximate surface area is 104 Å². The molecule has 1 atom stereocenters. The van der Waals surface area contributed by atoms with Crippen LogP contribution in [0.5, 0.6) is 5.75 Å². The molecule has 2 nitrogen and oxygen atoms in total.